The van der Waals surface area contributed by atoms with Gasteiger partial charge in [0.1, 0.15) is 5.82 Å². The lowest BCUT2D eigenvalue weighted by atomic mass is 10.1. The highest BCUT2D eigenvalue weighted by Crippen LogP contribution is 2.32. The molecule has 2 atom stereocenters. The van der Waals surface area contributed by atoms with Gasteiger partial charge in [0.05, 0.1) is 6.54 Å². The standard InChI is InChI=1S/C14H17FN2S/c15-12-5-1-3-10(7-12)8-16-14-17-13-6-2-4-11(13)9-18-14/h1,3,5,7,11,13H,2,4,6,8-9H2,(H,16,17). The molecule has 3 rings (SSSR count). The highest BCUT2D eigenvalue weighted by Gasteiger charge is 2.31. The summed E-state index contributed by atoms with van der Waals surface area (Å²) in [6, 6.07) is 7.29. The average Bonchev–Trinajstić information content (AvgIpc) is 2.84. The molecule has 1 aliphatic heterocycles. The molecule has 96 valence electrons. The number of hydrogen-bond donors (Lipinski definition) is 1. The number of thioether (sulfide) groups is 1. The first-order valence-corrected chi connectivity index (χ1v) is 7.48. The van der Waals surface area contributed by atoms with Crippen LogP contribution in [0.3, 0.4) is 0 Å². The van der Waals surface area contributed by atoms with Gasteiger partial charge in [0.25, 0.3) is 0 Å². The van der Waals surface area contributed by atoms with E-state index in [0.717, 1.165) is 16.6 Å². The molecule has 18 heavy (non-hydrogen) atoms. The van der Waals surface area contributed by atoms with Crippen molar-refractivity contribution >= 4 is 16.9 Å². The molecule has 1 N–H and O–H groups in total. The minimum absolute atomic E-state index is 0.187. The molecule has 2 unspecified atom stereocenters. The third-order valence-corrected chi connectivity index (χ3v) is 4.81. The van der Waals surface area contributed by atoms with Crippen molar-refractivity contribution in [3.8, 4) is 0 Å². The number of rotatable bonds is 2. The smallest absolute Gasteiger partial charge is 0.157 e. The van der Waals surface area contributed by atoms with Crippen LogP contribution in [0.25, 0.3) is 0 Å². The minimum atomic E-state index is -0.187. The third-order valence-electron chi connectivity index (χ3n) is 3.70. The number of fused-ring (bicyclic) bond motifs is 1. The first kappa shape index (κ1) is 12.0. The predicted molar refractivity (Wildman–Crippen MR) is 74.3 cm³/mol. The molecule has 0 radical (unpaired) electrons. The molecule has 1 aromatic carbocycles. The summed E-state index contributed by atoms with van der Waals surface area (Å²) < 4.78 is 13.0. The van der Waals surface area contributed by atoms with E-state index in [-0.39, 0.29) is 5.82 Å². The summed E-state index contributed by atoms with van der Waals surface area (Å²) in [5.41, 5.74) is 0.929. The van der Waals surface area contributed by atoms with E-state index in [4.69, 9.17) is 0 Å². The fourth-order valence-corrected chi connectivity index (χ4v) is 3.86. The summed E-state index contributed by atoms with van der Waals surface area (Å²) in [5, 5.41) is 4.55. The summed E-state index contributed by atoms with van der Waals surface area (Å²) in [7, 11) is 0. The number of nitrogens with zero attached hydrogens (tertiary/aromatic N) is 1. The van der Waals surface area contributed by atoms with Gasteiger partial charge in [-0.1, -0.05) is 30.3 Å². The van der Waals surface area contributed by atoms with Gasteiger partial charge in [0.15, 0.2) is 5.17 Å². The van der Waals surface area contributed by atoms with Crippen molar-refractivity contribution in [3.05, 3.63) is 35.6 Å². The maximum absolute atomic E-state index is 13.0. The van der Waals surface area contributed by atoms with E-state index in [9.17, 15) is 4.39 Å². The van der Waals surface area contributed by atoms with Gasteiger partial charge in [-0.2, -0.15) is 0 Å². The van der Waals surface area contributed by atoms with Crippen LogP contribution in [-0.2, 0) is 6.54 Å². The van der Waals surface area contributed by atoms with E-state index in [1.807, 2.05) is 17.8 Å². The van der Waals surface area contributed by atoms with Crippen LogP contribution in [0.2, 0.25) is 0 Å². The summed E-state index contributed by atoms with van der Waals surface area (Å²) >= 11 is 1.81. The van der Waals surface area contributed by atoms with Crippen molar-refractivity contribution in [2.24, 2.45) is 10.9 Å². The SMILES string of the molecule is Fc1cccc(CN=C2NC3CCCC3CS2)c1. The molecule has 1 aliphatic carbocycles. The molecule has 4 heteroatoms. The van der Waals surface area contributed by atoms with Crippen molar-refractivity contribution in [2.75, 3.05) is 5.75 Å². The number of aliphatic imine (C=N–C) groups is 1. The zero-order valence-corrected chi connectivity index (χ0v) is 11.0. The number of amidine groups is 1. The van der Waals surface area contributed by atoms with Crippen molar-refractivity contribution in [3.63, 3.8) is 0 Å². The van der Waals surface area contributed by atoms with Gasteiger partial charge in [-0.25, -0.2) is 4.39 Å². The predicted octanol–water partition coefficient (Wildman–Crippen LogP) is 3.19. The molecular formula is C14H17FN2S. The Morgan fingerprint density at radius 3 is 3.22 bits per heavy atom. The van der Waals surface area contributed by atoms with Crippen LogP contribution in [0.15, 0.2) is 29.3 Å². The quantitative estimate of drug-likeness (QED) is 0.887. The van der Waals surface area contributed by atoms with Crippen LogP contribution in [-0.4, -0.2) is 17.0 Å². The fraction of sp³-hybridized carbons (Fsp3) is 0.500. The highest BCUT2D eigenvalue weighted by molar-refractivity contribution is 8.13. The van der Waals surface area contributed by atoms with E-state index in [0.29, 0.717) is 12.6 Å². The molecule has 2 fully saturated rings. The van der Waals surface area contributed by atoms with Crippen molar-refractivity contribution in [1.29, 1.82) is 0 Å². The third kappa shape index (κ3) is 2.69. The number of halogens is 1. The van der Waals surface area contributed by atoms with Gasteiger partial charge in [-0.3, -0.25) is 4.99 Å². The second-order valence-corrected chi connectivity index (χ2v) is 6.01. The van der Waals surface area contributed by atoms with Gasteiger partial charge < -0.3 is 5.32 Å². The van der Waals surface area contributed by atoms with Crippen molar-refractivity contribution in [1.82, 2.24) is 5.32 Å². The Kier molecular flexibility index (Phi) is 3.55. The van der Waals surface area contributed by atoms with Gasteiger partial charge in [0, 0.05) is 11.8 Å². The highest BCUT2D eigenvalue weighted by atomic mass is 32.2. The topological polar surface area (TPSA) is 24.4 Å². The molecule has 0 spiro atoms. The molecule has 2 nitrogen and oxygen atoms in total. The van der Waals surface area contributed by atoms with Gasteiger partial charge in [0.2, 0.25) is 0 Å². The first-order valence-electron chi connectivity index (χ1n) is 6.49. The lowest BCUT2D eigenvalue weighted by Crippen LogP contribution is -2.41. The maximum Gasteiger partial charge on any atom is 0.157 e. The molecule has 0 bridgehead atoms. The van der Waals surface area contributed by atoms with Crippen LogP contribution in [0, 0.1) is 11.7 Å². The molecule has 1 heterocycles. The Hall–Kier alpha value is -1.03. The molecule has 0 amide bonds. The van der Waals surface area contributed by atoms with E-state index in [1.165, 1.54) is 31.1 Å². The van der Waals surface area contributed by atoms with E-state index < -0.39 is 0 Å². The number of hydrogen-bond acceptors (Lipinski definition) is 2. The Morgan fingerprint density at radius 1 is 1.39 bits per heavy atom. The zero-order valence-electron chi connectivity index (χ0n) is 10.2. The second kappa shape index (κ2) is 5.31. The molecular weight excluding hydrogens is 247 g/mol. The van der Waals surface area contributed by atoms with Crippen LogP contribution in [0.1, 0.15) is 24.8 Å². The maximum atomic E-state index is 13.0. The zero-order chi connectivity index (χ0) is 12.4. The molecule has 1 saturated heterocycles. The van der Waals surface area contributed by atoms with E-state index in [1.54, 1.807) is 12.1 Å². The Bertz CT molecular complexity index is 461. The molecule has 1 saturated carbocycles. The molecule has 1 aromatic rings. The van der Waals surface area contributed by atoms with E-state index >= 15 is 0 Å². The lowest BCUT2D eigenvalue weighted by molar-refractivity contribution is 0.489. The first-order chi connectivity index (χ1) is 8.81. The van der Waals surface area contributed by atoms with Crippen molar-refractivity contribution in [2.45, 2.75) is 31.8 Å². The van der Waals surface area contributed by atoms with Crippen LogP contribution in [0.4, 0.5) is 4.39 Å². The summed E-state index contributed by atoms with van der Waals surface area (Å²) in [6.45, 7) is 0.560. The number of nitrogens with one attached hydrogen (secondary N) is 1. The Labute approximate surface area is 111 Å². The Morgan fingerprint density at radius 2 is 2.33 bits per heavy atom. The summed E-state index contributed by atoms with van der Waals surface area (Å²) in [5.74, 6) is 1.82. The van der Waals surface area contributed by atoms with Gasteiger partial charge in [-0.05, 0) is 36.5 Å². The fourth-order valence-electron chi connectivity index (χ4n) is 2.70. The summed E-state index contributed by atoms with van der Waals surface area (Å²) in [4.78, 5) is 4.56. The van der Waals surface area contributed by atoms with Crippen LogP contribution < -0.4 is 5.32 Å². The largest absolute Gasteiger partial charge is 0.362 e. The second-order valence-electron chi connectivity index (χ2n) is 5.00. The normalized spacial score (nSPS) is 29.1. The lowest BCUT2D eigenvalue weighted by Gasteiger charge is -2.28. The monoisotopic (exact) mass is 264 g/mol. The van der Waals surface area contributed by atoms with Crippen LogP contribution >= 0.6 is 11.8 Å². The van der Waals surface area contributed by atoms with Gasteiger partial charge >= 0.3 is 0 Å². The van der Waals surface area contributed by atoms with Crippen LogP contribution in [0.5, 0.6) is 0 Å². The number of benzene rings is 1. The summed E-state index contributed by atoms with van der Waals surface area (Å²) in [6.07, 6.45) is 3.95. The molecule has 2 aliphatic rings. The average molecular weight is 264 g/mol. The minimum Gasteiger partial charge on any atom is -0.362 e. The molecule has 0 aromatic heterocycles. The van der Waals surface area contributed by atoms with Gasteiger partial charge in [-0.15, -0.1) is 0 Å². The van der Waals surface area contributed by atoms with Crippen molar-refractivity contribution < 1.29 is 4.39 Å². The Balaban J connectivity index is 1.63. The van der Waals surface area contributed by atoms with E-state index in [2.05, 4.69) is 10.3 Å².